The Bertz CT molecular complexity index is 682. The van der Waals surface area contributed by atoms with Gasteiger partial charge in [-0.15, -0.1) is 0 Å². The number of rotatable bonds is 9. The number of thioether (sulfide) groups is 2. The van der Waals surface area contributed by atoms with E-state index in [0.29, 0.717) is 46.0 Å². The van der Waals surface area contributed by atoms with Crippen molar-refractivity contribution in [1.82, 2.24) is 19.9 Å². The van der Waals surface area contributed by atoms with Crippen LogP contribution in [0.15, 0.2) is 10.1 Å². The highest BCUT2D eigenvalue weighted by Crippen LogP contribution is 2.28. The standard InChI is InChI=1S/C12H16N6O4S2/c1-3-23-11-9(17(19)20)13-7(15-11)5-6-8-14-10(18(21)22)12(16-8)24-4-2/h3-6H2,1-2H3,(H,13,15)(H,14,16). The van der Waals surface area contributed by atoms with Gasteiger partial charge in [-0.25, -0.2) is 9.97 Å². The first-order chi connectivity index (χ1) is 11.5. The van der Waals surface area contributed by atoms with Gasteiger partial charge in [0, 0.05) is 12.8 Å². The molecule has 2 N–H and O–H groups in total. The van der Waals surface area contributed by atoms with Gasteiger partial charge in [0.15, 0.2) is 21.7 Å². The molecule has 2 heterocycles. The van der Waals surface area contributed by atoms with Gasteiger partial charge in [0.05, 0.1) is 0 Å². The summed E-state index contributed by atoms with van der Waals surface area (Å²) in [7, 11) is 0. The predicted octanol–water partition coefficient (Wildman–Crippen LogP) is 2.96. The molecule has 0 bridgehead atoms. The summed E-state index contributed by atoms with van der Waals surface area (Å²) in [6.45, 7) is 3.77. The van der Waals surface area contributed by atoms with Crippen LogP contribution in [0.1, 0.15) is 25.5 Å². The smallest absolute Gasteiger partial charge is 0.354 e. The lowest BCUT2D eigenvalue weighted by atomic mass is 10.3. The summed E-state index contributed by atoms with van der Waals surface area (Å²) in [6, 6.07) is 0. The normalized spacial score (nSPS) is 10.9. The summed E-state index contributed by atoms with van der Waals surface area (Å²) < 4.78 is 0. The molecule has 0 saturated carbocycles. The number of nitrogens with one attached hydrogen (secondary N) is 2. The molecule has 0 fully saturated rings. The van der Waals surface area contributed by atoms with Gasteiger partial charge in [-0.2, -0.15) is 9.97 Å². The lowest BCUT2D eigenvalue weighted by Gasteiger charge is -1.92. The molecule has 0 aliphatic carbocycles. The highest BCUT2D eigenvalue weighted by Gasteiger charge is 2.23. The number of hydrogen-bond acceptors (Lipinski definition) is 8. The van der Waals surface area contributed by atoms with Gasteiger partial charge in [0.1, 0.15) is 0 Å². The zero-order valence-corrected chi connectivity index (χ0v) is 14.7. The van der Waals surface area contributed by atoms with E-state index in [1.807, 2.05) is 13.8 Å². The highest BCUT2D eigenvalue weighted by atomic mass is 32.2. The zero-order valence-electron chi connectivity index (χ0n) is 13.1. The molecule has 0 aliphatic rings. The number of aromatic nitrogens is 4. The predicted molar refractivity (Wildman–Crippen MR) is 90.7 cm³/mol. The van der Waals surface area contributed by atoms with Crippen LogP contribution in [0, 0.1) is 20.2 Å². The molecule has 0 radical (unpaired) electrons. The maximum absolute atomic E-state index is 11.0. The summed E-state index contributed by atoms with van der Waals surface area (Å²) in [6.07, 6.45) is 0.734. The summed E-state index contributed by atoms with van der Waals surface area (Å²) in [5.74, 6) is 2.03. The molecular weight excluding hydrogens is 356 g/mol. The van der Waals surface area contributed by atoms with Crippen LogP contribution in [0.4, 0.5) is 11.6 Å². The first kappa shape index (κ1) is 18.3. The van der Waals surface area contributed by atoms with Crippen LogP contribution < -0.4 is 0 Å². The largest absolute Gasteiger partial charge is 0.358 e. The number of nitrogens with zero attached hydrogens (tertiary/aromatic N) is 4. The van der Waals surface area contributed by atoms with Crippen molar-refractivity contribution in [2.75, 3.05) is 11.5 Å². The minimum absolute atomic E-state index is 0.121. The third-order valence-electron chi connectivity index (χ3n) is 2.93. The number of imidazole rings is 2. The van der Waals surface area contributed by atoms with Crippen LogP contribution in [0.2, 0.25) is 0 Å². The second kappa shape index (κ2) is 8.15. The van der Waals surface area contributed by atoms with Gasteiger partial charge < -0.3 is 20.2 Å². The van der Waals surface area contributed by atoms with E-state index < -0.39 is 9.85 Å². The van der Waals surface area contributed by atoms with Gasteiger partial charge in [-0.3, -0.25) is 0 Å². The van der Waals surface area contributed by atoms with Crippen LogP contribution in [-0.4, -0.2) is 41.3 Å². The van der Waals surface area contributed by atoms with Gasteiger partial charge >= 0.3 is 11.6 Å². The van der Waals surface area contributed by atoms with E-state index >= 15 is 0 Å². The van der Waals surface area contributed by atoms with Crippen molar-refractivity contribution in [3.05, 3.63) is 31.9 Å². The molecule has 24 heavy (non-hydrogen) atoms. The molecule has 2 rings (SSSR count). The number of nitro groups is 2. The minimum Gasteiger partial charge on any atom is -0.358 e. The summed E-state index contributed by atoms with van der Waals surface area (Å²) in [5, 5.41) is 22.7. The zero-order chi connectivity index (χ0) is 17.7. The number of hydrogen-bond donors (Lipinski definition) is 2. The number of aromatic amines is 2. The molecule has 0 spiro atoms. The molecule has 0 atom stereocenters. The molecule has 0 saturated heterocycles. The van der Waals surface area contributed by atoms with Crippen molar-refractivity contribution in [2.45, 2.75) is 36.7 Å². The van der Waals surface area contributed by atoms with E-state index in [1.54, 1.807) is 0 Å². The van der Waals surface area contributed by atoms with Crippen molar-refractivity contribution in [3.8, 4) is 0 Å². The fourth-order valence-corrected chi connectivity index (χ4v) is 3.40. The molecule has 130 valence electrons. The van der Waals surface area contributed by atoms with Crippen LogP contribution in [-0.2, 0) is 12.8 Å². The van der Waals surface area contributed by atoms with Crippen molar-refractivity contribution in [2.24, 2.45) is 0 Å². The monoisotopic (exact) mass is 372 g/mol. The highest BCUT2D eigenvalue weighted by molar-refractivity contribution is 7.99. The van der Waals surface area contributed by atoms with Crippen molar-refractivity contribution < 1.29 is 9.85 Å². The van der Waals surface area contributed by atoms with E-state index in [4.69, 9.17) is 0 Å². The second-order valence-electron chi connectivity index (χ2n) is 4.55. The van der Waals surface area contributed by atoms with Crippen molar-refractivity contribution in [3.63, 3.8) is 0 Å². The van der Waals surface area contributed by atoms with Crippen LogP contribution in [0.5, 0.6) is 0 Å². The van der Waals surface area contributed by atoms with Crippen LogP contribution in [0.3, 0.4) is 0 Å². The minimum atomic E-state index is -0.498. The fourth-order valence-electron chi connectivity index (χ4n) is 1.98. The Labute approximate surface area is 145 Å². The van der Waals surface area contributed by atoms with Gasteiger partial charge in [0.2, 0.25) is 0 Å². The Kier molecular flexibility index (Phi) is 6.20. The van der Waals surface area contributed by atoms with Crippen LogP contribution in [0.25, 0.3) is 0 Å². The quantitative estimate of drug-likeness (QED) is 0.388. The third kappa shape index (κ3) is 4.26. The van der Waals surface area contributed by atoms with E-state index in [-0.39, 0.29) is 11.6 Å². The number of H-pyrrole nitrogens is 2. The molecule has 12 heteroatoms. The summed E-state index contributed by atoms with van der Waals surface area (Å²) >= 11 is 2.58. The molecule has 0 aromatic carbocycles. The molecular formula is C12H16N6O4S2. The lowest BCUT2D eigenvalue weighted by molar-refractivity contribution is -0.392. The molecule has 0 amide bonds. The Morgan fingerprint density at radius 1 is 0.875 bits per heavy atom. The van der Waals surface area contributed by atoms with E-state index in [0.717, 1.165) is 0 Å². The Morgan fingerprint density at radius 3 is 1.54 bits per heavy atom. The second-order valence-corrected chi connectivity index (χ2v) is 7.06. The molecule has 0 unspecified atom stereocenters. The first-order valence-corrected chi connectivity index (χ1v) is 9.15. The summed E-state index contributed by atoms with van der Waals surface area (Å²) in [5.41, 5.74) is 0. The number of aryl methyl sites for hydroxylation is 2. The SMILES string of the molecule is CCSc1nc(CCc2nc(SCC)c([N+](=O)[O-])[nH]2)[nH]c1[N+](=O)[O-]. The van der Waals surface area contributed by atoms with E-state index in [1.165, 1.54) is 23.5 Å². The molecule has 2 aromatic rings. The summed E-state index contributed by atoms with van der Waals surface area (Å²) in [4.78, 5) is 34.8. The average Bonchev–Trinajstić information content (AvgIpc) is 3.10. The molecule has 0 aliphatic heterocycles. The van der Waals surface area contributed by atoms with Crippen molar-refractivity contribution >= 4 is 35.2 Å². The van der Waals surface area contributed by atoms with Gasteiger partial charge in [-0.05, 0) is 21.4 Å². The van der Waals surface area contributed by atoms with Crippen molar-refractivity contribution in [1.29, 1.82) is 0 Å². The molecule has 10 nitrogen and oxygen atoms in total. The lowest BCUT2D eigenvalue weighted by Crippen LogP contribution is -1.96. The Hall–Kier alpha value is -2.08. The molecule has 2 aromatic heterocycles. The van der Waals surface area contributed by atoms with E-state index in [9.17, 15) is 20.2 Å². The Balaban J connectivity index is 2.13. The third-order valence-corrected chi connectivity index (χ3v) is 4.62. The van der Waals surface area contributed by atoms with Gasteiger partial charge in [-0.1, -0.05) is 37.4 Å². The average molecular weight is 372 g/mol. The fraction of sp³-hybridized carbons (Fsp3) is 0.500. The topological polar surface area (TPSA) is 144 Å². The first-order valence-electron chi connectivity index (χ1n) is 7.18. The van der Waals surface area contributed by atoms with E-state index in [2.05, 4.69) is 19.9 Å². The maximum atomic E-state index is 11.0. The van der Waals surface area contributed by atoms with Gasteiger partial charge in [0.25, 0.3) is 0 Å². The van der Waals surface area contributed by atoms with Crippen LogP contribution >= 0.6 is 23.5 Å². The Morgan fingerprint density at radius 2 is 1.25 bits per heavy atom. The maximum Gasteiger partial charge on any atom is 0.354 e.